The van der Waals surface area contributed by atoms with Gasteiger partial charge in [-0.05, 0) is 43.7 Å². The molecule has 1 saturated carbocycles. The number of imidazole rings is 1. The summed E-state index contributed by atoms with van der Waals surface area (Å²) in [5.41, 5.74) is 9.68. The van der Waals surface area contributed by atoms with Crippen LogP contribution in [0.25, 0.3) is 11.0 Å². The molecule has 102 valence electrons. The molecular formula is C16H23N3. The number of fused-ring (bicyclic) bond motifs is 1. The maximum absolute atomic E-state index is 6.19. The van der Waals surface area contributed by atoms with Gasteiger partial charge in [0, 0.05) is 6.04 Å². The fraction of sp³-hybridized carbons (Fsp3) is 0.562. The first kappa shape index (κ1) is 12.5. The molecule has 2 atom stereocenters. The Morgan fingerprint density at radius 2 is 2.05 bits per heavy atom. The summed E-state index contributed by atoms with van der Waals surface area (Å²) in [6, 6.07) is 6.89. The molecule has 1 aromatic heterocycles. The molecule has 2 unspecified atom stereocenters. The lowest BCUT2D eigenvalue weighted by Crippen LogP contribution is -2.11. The van der Waals surface area contributed by atoms with E-state index in [9.17, 15) is 0 Å². The number of hydrogen-bond donors (Lipinski definition) is 1. The van der Waals surface area contributed by atoms with Crippen molar-refractivity contribution in [2.75, 3.05) is 5.73 Å². The van der Waals surface area contributed by atoms with Crippen LogP contribution in [0.1, 0.15) is 50.6 Å². The van der Waals surface area contributed by atoms with Crippen molar-refractivity contribution in [3.05, 3.63) is 23.8 Å². The van der Waals surface area contributed by atoms with Gasteiger partial charge in [0.2, 0.25) is 5.95 Å². The number of aromatic nitrogens is 2. The van der Waals surface area contributed by atoms with Gasteiger partial charge in [0.15, 0.2) is 0 Å². The van der Waals surface area contributed by atoms with Crippen molar-refractivity contribution < 1.29 is 0 Å². The van der Waals surface area contributed by atoms with Gasteiger partial charge in [-0.3, -0.25) is 0 Å². The van der Waals surface area contributed by atoms with Crippen LogP contribution in [0.15, 0.2) is 18.2 Å². The number of para-hydroxylation sites is 1. The Balaban J connectivity index is 2.04. The van der Waals surface area contributed by atoms with Crippen LogP contribution in [0.3, 0.4) is 0 Å². The van der Waals surface area contributed by atoms with Gasteiger partial charge in [0.25, 0.3) is 0 Å². The molecule has 0 aliphatic heterocycles. The highest BCUT2D eigenvalue weighted by atomic mass is 15.2. The third kappa shape index (κ3) is 2.22. The number of hydrogen-bond acceptors (Lipinski definition) is 2. The van der Waals surface area contributed by atoms with Crippen LogP contribution in [0.4, 0.5) is 5.95 Å². The minimum Gasteiger partial charge on any atom is -0.369 e. The quantitative estimate of drug-likeness (QED) is 0.783. The third-order valence-electron chi connectivity index (χ3n) is 4.54. The van der Waals surface area contributed by atoms with Crippen LogP contribution in [0, 0.1) is 12.8 Å². The monoisotopic (exact) mass is 257 g/mol. The Hall–Kier alpha value is -1.51. The summed E-state index contributed by atoms with van der Waals surface area (Å²) in [7, 11) is 0. The van der Waals surface area contributed by atoms with E-state index in [0.717, 1.165) is 11.4 Å². The Kier molecular flexibility index (Phi) is 3.21. The van der Waals surface area contributed by atoms with Gasteiger partial charge >= 0.3 is 0 Å². The average molecular weight is 257 g/mol. The van der Waals surface area contributed by atoms with Crippen molar-refractivity contribution in [2.24, 2.45) is 5.92 Å². The van der Waals surface area contributed by atoms with Crippen molar-refractivity contribution in [3.63, 3.8) is 0 Å². The Morgan fingerprint density at radius 1 is 1.21 bits per heavy atom. The molecule has 1 aliphatic rings. The maximum Gasteiger partial charge on any atom is 0.201 e. The fourth-order valence-corrected chi connectivity index (χ4v) is 3.38. The van der Waals surface area contributed by atoms with E-state index in [1.54, 1.807) is 0 Å². The first-order valence-electron chi connectivity index (χ1n) is 7.40. The van der Waals surface area contributed by atoms with E-state index in [1.807, 2.05) is 0 Å². The molecule has 3 rings (SSSR count). The molecule has 2 aromatic rings. The zero-order valence-electron chi connectivity index (χ0n) is 11.9. The van der Waals surface area contributed by atoms with E-state index in [2.05, 4.69) is 41.6 Å². The lowest BCUT2D eigenvalue weighted by Gasteiger charge is -2.18. The van der Waals surface area contributed by atoms with Crippen molar-refractivity contribution in [1.82, 2.24) is 9.55 Å². The number of benzene rings is 1. The van der Waals surface area contributed by atoms with Crippen molar-refractivity contribution in [2.45, 2.75) is 52.0 Å². The normalized spacial score (nSPS) is 24.5. The fourth-order valence-electron chi connectivity index (χ4n) is 3.38. The largest absolute Gasteiger partial charge is 0.369 e. The lowest BCUT2D eigenvalue weighted by atomic mass is 10.0. The van der Waals surface area contributed by atoms with E-state index in [4.69, 9.17) is 5.73 Å². The molecule has 0 bridgehead atoms. The first-order chi connectivity index (χ1) is 9.16. The molecule has 3 heteroatoms. The van der Waals surface area contributed by atoms with E-state index in [-0.39, 0.29) is 0 Å². The SMILES string of the molecule is Cc1cccc2c1nc(N)n2C1CCCC(C)CC1. The average Bonchev–Trinajstić information content (AvgIpc) is 2.57. The molecule has 0 saturated heterocycles. The Morgan fingerprint density at radius 3 is 2.89 bits per heavy atom. The first-order valence-corrected chi connectivity index (χ1v) is 7.40. The summed E-state index contributed by atoms with van der Waals surface area (Å²) in [5, 5.41) is 0. The van der Waals surface area contributed by atoms with Crippen LogP contribution in [0.2, 0.25) is 0 Å². The molecule has 2 N–H and O–H groups in total. The minimum absolute atomic E-state index is 0.525. The molecule has 1 heterocycles. The predicted octanol–water partition coefficient (Wildman–Crippen LogP) is 4.07. The summed E-state index contributed by atoms with van der Waals surface area (Å²) in [5.74, 6) is 1.53. The smallest absolute Gasteiger partial charge is 0.201 e. The molecule has 1 aromatic carbocycles. The Labute approximate surface area is 114 Å². The summed E-state index contributed by atoms with van der Waals surface area (Å²) in [4.78, 5) is 4.58. The van der Waals surface area contributed by atoms with Crippen molar-refractivity contribution >= 4 is 17.0 Å². The van der Waals surface area contributed by atoms with Gasteiger partial charge in [-0.15, -0.1) is 0 Å². The van der Waals surface area contributed by atoms with Gasteiger partial charge < -0.3 is 10.3 Å². The summed E-state index contributed by atoms with van der Waals surface area (Å²) in [6.07, 6.45) is 6.41. The molecule has 0 amide bonds. The van der Waals surface area contributed by atoms with E-state index < -0.39 is 0 Å². The summed E-state index contributed by atoms with van der Waals surface area (Å²) in [6.45, 7) is 4.47. The number of nitrogens with two attached hydrogens (primary N) is 1. The standard InChI is InChI=1S/C16H23N3/c1-11-5-3-7-13(10-9-11)19-14-8-4-6-12(2)15(14)18-16(19)17/h4,6,8,11,13H,3,5,7,9-10H2,1-2H3,(H2,17,18). The van der Waals surface area contributed by atoms with Gasteiger partial charge in [-0.25, -0.2) is 4.98 Å². The molecule has 1 fully saturated rings. The second-order valence-electron chi connectivity index (χ2n) is 6.05. The second-order valence-corrected chi connectivity index (χ2v) is 6.05. The van der Waals surface area contributed by atoms with Crippen LogP contribution < -0.4 is 5.73 Å². The van der Waals surface area contributed by atoms with E-state index in [0.29, 0.717) is 12.0 Å². The number of rotatable bonds is 1. The van der Waals surface area contributed by atoms with Crippen LogP contribution in [-0.4, -0.2) is 9.55 Å². The highest BCUT2D eigenvalue weighted by Gasteiger charge is 2.21. The molecule has 3 nitrogen and oxygen atoms in total. The van der Waals surface area contributed by atoms with E-state index in [1.165, 1.54) is 43.2 Å². The Bertz CT molecular complexity index is 585. The molecule has 19 heavy (non-hydrogen) atoms. The van der Waals surface area contributed by atoms with Crippen molar-refractivity contribution in [3.8, 4) is 0 Å². The summed E-state index contributed by atoms with van der Waals surface area (Å²) >= 11 is 0. The highest BCUT2D eigenvalue weighted by molar-refractivity contribution is 5.81. The van der Waals surface area contributed by atoms with E-state index >= 15 is 0 Å². The predicted molar refractivity (Wildman–Crippen MR) is 80.2 cm³/mol. The zero-order valence-corrected chi connectivity index (χ0v) is 11.9. The van der Waals surface area contributed by atoms with Crippen molar-refractivity contribution in [1.29, 1.82) is 0 Å². The molecule has 1 aliphatic carbocycles. The molecule has 0 spiro atoms. The zero-order chi connectivity index (χ0) is 13.4. The number of anilines is 1. The number of nitrogens with zero attached hydrogens (tertiary/aromatic N) is 2. The highest BCUT2D eigenvalue weighted by Crippen LogP contribution is 2.34. The van der Waals surface area contributed by atoms with Crippen LogP contribution in [0.5, 0.6) is 0 Å². The molecule has 0 radical (unpaired) electrons. The second kappa shape index (κ2) is 4.87. The summed E-state index contributed by atoms with van der Waals surface area (Å²) < 4.78 is 2.28. The number of aryl methyl sites for hydroxylation is 1. The van der Waals surface area contributed by atoms with Crippen LogP contribution >= 0.6 is 0 Å². The molecular weight excluding hydrogens is 234 g/mol. The van der Waals surface area contributed by atoms with Gasteiger partial charge in [-0.2, -0.15) is 0 Å². The van der Waals surface area contributed by atoms with Gasteiger partial charge in [-0.1, -0.05) is 31.9 Å². The third-order valence-corrected chi connectivity index (χ3v) is 4.54. The minimum atomic E-state index is 0.525. The maximum atomic E-state index is 6.19. The topological polar surface area (TPSA) is 43.8 Å². The van der Waals surface area contributed by atoms with Crippen LogP contribution in [-0.2, 0) is 0 Å². The van der Waals surface area contributed by atoms with Gasteiger partial charge in [0.05, 0.1) is 11.0 Å². The lowest BCUT2D eigenvalue weighted by molar-refractivity contribution is 0.445. The van der Waals surface area contributed by atoms with Gasteiger partial charge in [0.1, 0.15) is 0 Å². The number of nitrogen functional groups attached to an aromatic ring is 1.